The summed E-state index contributed by atoms with van der Waals surface area (Å²) in [5, 5.41) is 2.98. The summed E-state index contributed by atoms with van der Waals surface area (Å²) in [6.07, 6.45) is 0.476. The molecule has 0 unspecified atom stereocenters. The molecule has 1 heterocycles. The van der Waals surface area contributed by atoms with Gasteiger partial charge in [-0.1, -0.05) is 0 Å². The molecule has 5 nitrogen and oxygen atoms in total. The van der Waals surface area contributed by atoms with Gasteiger partial charge in [-0.25, -0.2) is 8.78 Å². The summed E-state index contributed by atoms with van der Waals surface area (Å²) < 4.78 is 27.1. The number of nitrogens with zero attached hydrogens (tertiary/aromatic N) is 3. The summed E-state index contributed by atoms with van der Waals surface area (Å²) in [6.45, 7) is 1.05. The number of carbonyl (C=O) groups excluding carboxylic acids is 1. The molecule has 128 valence electrons. The molecule has 1 aromatic carbocycles. The van der Waals surface area contributed by atoms with Gasteiger partial charge < -0.3 is 15.1 Å². The number of guanidine groups is 1. The van der Waals surface area contributed by atoms with Gasteiger partial charge in [-0.2, -0.15) is 0 Å². The number of rotatable bonds is 2. The van der Waals surface area contributed by atoms with Crippen LogP contribution in [0.3, 0.4) is 0 Å². The molecule has 0 saturated carbocycles. The summed E-state index contributed by atoms with van der Waals surface area (Å²) in [6, 6.07) is 2.26. The number of aliphatic imine (C=N–C) groups is 1. The van der Waals surface area contributed by atoms with E-state index in [2.05, 4.69) is 10.3 Å². The van der Waals surface area contributed by atoms with E-state index in [1.54, 1.807) is 21.1 Å². The SMILES string of the molecule is CN=C(NCC(=O)N(C)C)N1CCc2c(F)cc(F)cc2C1.I. The second-order valence-corrected chi connectivity index (χ2v) is 5.39. The second kappa shape index (κ2) is 8.42. The highest BCUT2D eigenvalue weighted by atomic mass is 127. The van der Waals surface area contributed by atoms with Gasteiger partial charge in [0.15, 0.2) is 5.96 Å². The topological polar surface area (TPSA) is 47.9 Å². The number of hydrogen-bond acceptors (Lipinski definition) is 2. The quantitative estimate of drug-likeness (QED) is 0.434. The maximum Gasteiger partial charge on any atom is 0.241 e. The minimum atomic E-state index is -0.580. The number of carbonyl (C=O) groups is 1. The summed E-state index contributed by atoms with van der Waals surface area (Å²) in [5.74, 6) is -0.606. The van der Waals surface area contributed by atoms with Crippen LogP contribution in [0.2, 0.25) is 0 Å². The lowest BCUT2D eigenvalue weighted by Gasteiger charge is -2.32. The van der Waals surface area contributed by atoms with Crippen molar-refractivity contribution in [1.82, 2.24) is 15.1 Å². The Kier molecular flexibility index (Phi) is 7.17. The fraction of sp³-hybridized carbons (Fsp3) is 0.467. The molecule has 0 atom stereocenters. The van der Waals surface area contributed by atoms with Crippen molar-refractivity contribution in [2.75, 3.05) is 34.2 Å². The lowest BCUT2D eigenvalue weighted by molar-refractivity contribution is -0.127. The summed E-state index contributed by atoms with van der Waals surface area (Å²) in [4.78, 5) is 19.1. The lowest BCUT2D eigenvalue weighted by atomic mass is 9.99. The summed E-state index contributed by atoms with van der Waals surface area (Å²) in [5.41, 5.74) is 1.17. The Labute approximate surface area is 151 Å². The Bertz CT molecular complexity index is 607. The van der Waals surface area contributed by atoms with Crippen molar-refractivity contribution in [3.8, 4) is 0 Å². The number of benzene rings is 1. The Balaban J connectivity index is 0.00000264. The van der Waals surface area contributed by atoms with Crippen molar-refractivity contribution in [3.63, 3.8) is 0 Å². The number of hydrogen-bond donors (Lipinski definition) is 1. The van der Waals surface area contributed by atoms with Gasteiger partial charge in [0, 0.05) is 40.3 Å². The zero-order valence-electron chi connectivity index (χ0n) is 13.4. The van der Waals surface area contributed by atoms with Gasteiger partial charge in [0.1, 0.15) is 11.6 Å². The smallest absolute Gasteiger partial charge is 0.241 e. The standard InChI is InChI=1S/C15H20F2N4O.HI/c1-18-15(19-8-14(22)20(2)3)21-5-4-12-10(9-21)6-11(16)7-13(12)17;/h6-7H,4-5,8-9H2,1-3H3,(H,18,19);1H. The van der Waals surface area contributed by atoms with Crippen LogP contribution in [0.4, 0.5) is 8.78 Å². The van der Waals surface area contributed by atoms with E-state index in [1.807, 2.05) is 4.90 Å². The van der Waals surface area contributed by atoms with Crippen molar-refractivity contribution in [2.24, 2.45) is 4.99 Å². The van der Waals surface area contributed by atoms with Crippen LogP contribution in [0.5, 0.6) is 0 Å². The van der Waals surface area contributed by atoms with Crippen molar-refractivity contribution in [2.45, 2.75) is 13.0 Å². The summed E-state index contributed by atoms with van der Waals surface area (Å²) in [7, 11) is 4.97. The Morgan fingerprint density at radius 3 is 2.70 bits per heavy atom. The molecule has 0 aromatic heterocycles. The van der Waals surface area contributed by atoms with Crippen LogP contribution in [-0.2, 0) is 17.8 Å². The lowest BCUT2D eigenvalue weighted by Crippen LogP contribution is -2.47. The molecule has 0 radical (unpaired) electrons. The van der Waals surface area contributed by atoms with Gasteiger partial charge in [-0.3, -0.25) is 9.79 Å². The van der Waals surface area contributed by atoms with Gasteiger partial charge >= 0.3 is 0 Å². The van der Waals surface area contributed by atoms with Crippen molar-refractivity contribution < 1.29 is 13.6 Å². The van der Waals surface area contributed by atoms with E-state index in [4.69, 9.17) is 0 Å². The van der Waals surface area contributed by atoms with E-state index >= 15 is 0 Å². The van der Waals surface area contributed by atoms with E-state index in [0.29, 0.717) is 36.6 Å². The predicted molar refractivity (Wildman–Crippen MR) is 95.9 cm³/mol. The van der Waals surface area contributed by atoms with Crippen LogP contribution >= 0.6 is 24.0 Å². The van der Waals surface area contributed by atoms with Crippen molar-refractivity contribution in [1.29, 1.82) is 0 Å². The maximum atomic E-state index is 13.7. The third-order valence-corrected chi connectivity index (χ3v) is 3.65. The first-order valence-electron chi connectivity index (χ1n) is 7.05. The average molecular weight is 438 g/mol. The molecule has 0 fully saturated rings. The highest BCUT2D eigenvalue weighted by molar-refractivity contribution is 14.0. The molecule has 0 bridgehead atoms. The molecule has 23 heavy (non-hydrogen) atoms. The number of fused-ring (bicyclic) bond motifs is 1. The third kappa shape index (κ3) is 4.76. The average Bonchev–Trinajstić information content (AvgIpc) is 2.46. The predicted octanol–water partition coefficient (Wildman–Crippen LogP) is 1.60. The molecule has 1 aliphatic heterocycles. The molecule has 1 amide bonds. The van der Waals surface area contributed by atoms with Crippen molar-refractivity contribution in [3.05, 3.63) is 34.9 Å². The van der Waals surface area contributed by atoms with Crippen LogP contribution in [-0.4, -0.2) is 55.9 Å². The van der Waals surface area contributed by atoms with E-state index in [0.717, 1.165) is 6.07 Å². The molecule has 0 aliphatic carbocycles. The van der Waals surface area contributed by atoms with E-state index < -0.39 is 11.6 Å². The molecule has 8 heteroatoms. The normalized spacial score (nSPS) is 14.0. The molecule has 1 N–H and O–H groups in total. The van der Waals surface area contributed by atoms with Gasteiger partial charge in [-0.05, 0) is 23.6 Å². The van der Waals surface area contributed by atoms with Gasteiger partial charge in [0.25, 0.3) is 0 Å². The zero-order valence-corrected chi connectivity index (χ0v) is 15.7. The van der Waals surface area contributed by atoms with Gasteiger partial charge in [0.05, 0.1) is 6.54 Å². The molecular formula is C15H21F2IN4O. The number of amides is 1. The second-order valence-electron chi connectivity index (χ2n) is 5.39. The van der Waals surface area contributed by atoms with Crippen LogP contribution in [0.25, 0.3) is 0 Å². The first-order valence-corrected chi connectivity index (χ1v) is 7.05. The highest BCUT2D eigenvalue weighted by Gasteiger charge is 2.22. The van der Waals surface area contributed by atoms with Crippen LogP contribution < -0.4 is 5.32 Å². The van der Waals surface area contributed by atoms with Gasteiger partial charge in [0.2, 0.25) is 5.91 Å². The molecule has 0 saturated heterocycles. The number of nitrogens with one attached hydrogen (secondary N) is 1. The van der Waals surface area contributed by atoms with Gasteiger partial charge in [-0.15, -0.1) is 24.0 Å². The Morgan fingerprint density at radius 1 is 1.39 bits per heavy atom. The molecule has 0 spiro atoms. The van der Waals surface area contributed by atoms with Crippen LogP contribution in [0.15, 0.2) is 17.1 Å². The highest BCUT2D eigenvalue weighted by Crippen LogP contribution is 2.23. The fourth-order valence-electron chi connectivity index (χ4n) is 2.44. The monoisotopic (exact) mass is 438 g/mol. The molecule has 2 rings (SSSR count). The maximum absolute atomic E-state index is 13.7. The zero-order chi connectivity index (χ0) is 16.3. The molecule has 1 aliphatic rings. The number of likely N-dealkylation sites (N-methyl/N-ethyl adjacent to an activating group) is 1. The first-order chi connectivity index (χ1) is 10.4. The largest absolute Gasteiger partial charge is 0.347 e. The van der Waals surface area contributed by atoms with E-state index in [-0.39, 0.29) is 36.4 Å². The van der Waals surface area contributed by atoms with Crippen LogP contribution in [0, 0.1) is 11.6 Å². The Hall–Kier alpha value is -1.45. The van der Waals surface area contributed by atoms with E-state index in [9.17, 15) is 13.6 Å². The Morgan fingerprint density at radius 2 is 2.09 bits per heavy atom. The van der Waals surface area contributed by atoms with Crippen LogP contribution in [0.1, 0.15) is 11.1 Å². The third-order valence-electron chi connectivity index (χ3n) is 3.65. The minimum absolute atomic E-state index is 0. The molecule has 1 aromatic rings. The fourth-order valence-corrected chi connectivity index (χ4v) is 2.44. The first kappa shape index (κ1) is 19.6. The van der Waals surface area contributed by atoms with E-state index in [1.165, 1.54) is 11.0 Å². The minimum Gasteiger partial charge on any atom is -0.347 e. The summed E-state index contributed by atoms with van der Waals surface area (Å²) >= 11 is 0. The van der Waals surface area contributed by atoms with Crippen molar-refractivity contribution >= 4 is 35.8 Å². The number of halogens is 3. The molecular weight excluding hydrogens is 417 g/mol.